The van der Waals surface area contributed by atoms with E-state index in [0.29, 0.717) is 0 Å². The molecule has 1 aliphatic carbocycles. The van der Waals surface area contributed by atoms with Crippen LogP contribution >= 0.6 is 0 Å². The van der Waals surface area contributed by atoms with E-state index in [1.165, 1.54) is 0 Å². The number of nitrogens with two attached hydrogens (primary N) is 1. The average Bonchev–Trinajstić information content (AvgIpc) is 2.63. The largest absolute Gasteiger partial charge is 0.368 e. The Hall–Kier alpha value is -1.10. The van der Waals surface area contributed by atoms with Crippen LogP contribution in [0.2, 0.25) is 0 Å². The highest BCUT2D eigenvalue weighted by molar-refractivity contribution is 5.90. The number of nitrogens with one attached hydrogen (secondary N) is 2. The van der Waals surface area contributed by atoms with Gasteiger partial charge in [-0.05, 0) is 19.9 Å². The third kappa shape index (κ3) is 2.23. The van der Waals surface area contributed by atoms with Gasteiger partial charge in [-0.3, -0.25) is 9.59 Å². The van der Waals surface area contributed by atoms with Gasteiger partial charge in [0.1, 0.15) is 0 Å². The van der Waals surface area contributed by atoms with E-state index in [0.717, 1.165) is 25.7 Å². The number of hydrogen-bond acceptors (Lipinski definition) is 3. The fourth-order valence-electron chi connectivity index (χ4n) is 1.91. The van der Waals surface area contributed by atoms with Crippen LogP contribution in [-0.2, 0) is 9.59 Å². The monoisotopic (exact) mass is 199 g/mol. The topological polar surface area (TPSA) is 84.2 Å². The van der Waals surface area contributed by atoms with E-state index < -0.39 is 11.4 Å². The fraction of sp³-hybridized carbons (Fsp3) is 0.778. The van der Waals surface area contributed by atoms with Crippen LogP contribution in [0.15, 0.2) is 0 Å². The van der Waals surface area contributed by atoms with Crippen LogP contribution in [0.4, 0.5) is 0 Å². The lowest BCUT2D eigenvalue weighted by Gasteiger charge is -2.26. The first-order valence-corrected chi connectivity index (χ1v) is 4.86. The molecule has 0 bridgehead atoms. The molecule has 0 saturated heterocycles. The van der Waals surface area contributed by atoms with Gasteiger partial charge in [-0.25, -0.2) is 0 Å². The van der Waals surface area contributed by atoms with Gasteiger partial charge in [0.15, 0.2) is 0 Å². The number of likely N-dealkylation sites (N-methyl/N-ethyl adjacent to an activating group) is 1. The summed E-state index contributed by atoms with van der Waals surface area (Å²) in [6.07, 6.45) is 3.75. The third-order valence-corrected chi connectivity index (χ3v) is 2.79. The lowest BCUT2D eigenvalue weighted by atomic mass is 9.97. The first-order valence-electron chi connectivity index (χ1n) is 4.86. The van der Waals surface area contributed by atoms with Crippen LogP contribution in [0, 0.1) is 0 Å². The second-order valence-corrected chi connectivity index (χ2v) is 3.69. The van der Waals surface area contributed by atoms with Gasteiger partial charge >= 0.3 is 0 Å². The average molecular weight is 199 g/mol. The van der Waals surface area contributed by atoms with Crippen molar-refractivity contribution in [2.24, 2.45) is 5.73 Å². The Morgan fingerprint density at radius 2 is 1.93 bits per heavy atom. The summed E-state index contributed by atoms with van der Waals surface area (Å²) < 4.78 is 0. The van der Waals surface area contributed by atoms with Crippen LogP contribution < -0.4 is 16.4 Å². The number of rotatable bonds is 4. The molecule has 0 radical (unpaired) electrons. The molecule has 0 aliphatic heterocycles. The summed E-state index contributed by atoms with van der Waals surface area (Å²) in [5, 5.41) is 5.58. The second-order valence-electron chi connectivity index (χ2n) is 3.69. The van der Waals surface area contributed by atoms with Crippen molar-refractivity contribution in [3.8, 4) is 0 Å². The van der Waals surface area contributed by atoms with Crippen molar-refractivity contribution in [1.82, 2.24) is 10.6 Å². The molecule has 1 saturated carbocycles. The van der Waals surface area contributed by atoms with Crippen molar-refractivity contribution in [3.63, 3.8) is 0 Å². The Balaban J connectivity index is 2.52. The molecular formula is C9H17N3O2. The number of carbonyl (C=O) groups excluding carboxylic acids is 2. The van der Waals surface area contributed by atoms with Crippen LogP contribution in [-0.4, -0.2) is 30.9 Å². The summed E-state index contributed by atoms with van der Waals surface area (Å²) >= 11 is 0. The quantitative estimate of drug-likeness (QED) is 0.549. The summed E-state index contributed by atoms with van der Waals surface area (Å²) in [5.41, 5.74) is 4.47. The summed E-state index contributed by atoms with van der Waals surface area (Å²) in [6, 6.07) is 0. The molecular weight excluding hydrogens is 182 g/mol. The van der Waals surface area contributed by atoms with Crippen molar-refractivity contribution in [1.29, 1.82) is 0 Å². The number of hydrogen-bond donors (Lipinski definition) is 3. The molecule has 0 aromatic heterocycles. The first-order chi connectivity index (χ1) is 6.60. The molecule has 1 aliphatic rings. The standard InChI is InChI=1S/C9H17N3O2/c1-11-9(4-2-3-5-9)8(14)12-6-7(10)13/h11H,2-6H2,1H3,(H2,10,13)(H,12,14). The molecule has 80 valence electrons. The Labute approximate surface area is 83.4 Å². The lowest BCUT2D eigenvalue weighted by molar-refractivity contribution is -0.129. The number of primary amides is 1. The molecule has 4 N–H and O–H groups in total. The molecule has 0 aromatic rings. The van der Waals surface area contributed by atoms with Gasteiger partial charge in [-0.2, -0.15) is 0 Å². The van der Waals surface area contributed by atoms with E-state index >= 15 is 0 Å². The van der Waals surface area contributed by atoms with Crippen LogP contribution in [0.1, 0.15) is 25.7 Å². The predicted octanol–water partition coefficient (Wildman–Crippen LogP) is -0.880. The van der Waals surface area contributed by atoms with Crippen LogP contribution in [0.3, 0.4) is 0 Å². The summed E-state index contributed by atoms with van der Waals surface area (Å²) in [7, 11) is 1.77. The minimum Gasteiger partial charge on any atom is -0.368 e. The molecule has 1 rings (SSSR count). The molecule has 14 heavy (non-hydrogen) atoms. The molecule has 0 spiro atoms. The Bertz CT molecular complexity index is 234. The summed E-state index contributed by atoms with van der Waals surface area (Å²) in [6.45, 7) is -0.0811. The van der Waals surface area contributed by atoms with Crippen LogP contribution in [0.25, 0.3) is 0 Å². The first kappa shape index (κ1) is 11.0. The van der Waals surface area contributed by atoms with E-state index in [9.17, 15) is 9.59 Å². The van der Waals surface area contributed by atoms with E-state index in [2.05, 4.69) is 10.6 Å². The highest BCUT2D eigenvalue weighted by Crippen LogP contribution is 2.29. The van der Waals surface area contributed by atoms with Crippen LogP contribution in [0.5, 0.6) is 0 Å². The van der Waals surface area contributed by atoms with Gasteiger partial charge in [0.25, 0.3) is 0 Å². The zero-order valence-electron chi connectivity index (χ0n) is 8.43. The van der Waals surface area contributed by atoms with Crippen molar-refractivity contribution >= 4 is 11.8 Å². The van der Waals surface area contributed by atoms with Crippen molar-refractivity contribution in [2.75, 3.05) is 13.6 Å². The molecule has 0 heterocycles. The molecule has 0 aromatic carbocycles. The Morgan fingerprint density at radius 3 is 2.36 bits per heavy atom. The lowest BCUT2D eigenvalue weighted by Crippen LogP contribution is -2.55. The molecule has 1 fully saturated rings. The van der Waals surface area contributed by atoms with E-state index in [4.69, 9.17) is 5.73 Å². The summed E-state index contributed by atoms with van der Waals surface area (Å²) in [5.74, 6) is -0.626. The van der Waals surface area contributed by atoms with Crippen molar-refractivity contribution in [2.45, 2.75) is 31.2 Å². The smallest absolute Gasteiger partial charge is 0.240 e. The molecule has 5 nitrogen and oxygen atoms in total. The predicted molar refractivity (Wildman–Crippen MR) is 52.5 cm³/mol. The van der Waals surface area contributed by atoms with Gasteiger partial charge in [0.2, 0.25) is 11.8 Å². The van der Waals surface area contributed by atoms with Gasteiger partial charge in [0.05, 0.1) is 12.1 Å². The highest BCUT2D eigenvalue weighted by Gasteiger charge is 2.39. The minimum absolute atomic E-state index is 0.0811. The van der Waals surface area contributed by atoms with Gasteiger partial charge < -0.3 is 16.4 Å². The maximum Gasteiger partial charge on any atom is 0.240 e. The Morgan fingerprint density at radius 1 is 1.36 bits per heavy atom. The van der Waals surface area contributed by atoms with E-state index in [1.807, 2.05) is 0 Å². The van der Waals surface area contributed by atoms with Gasteiger partial charge in [0, 0.05) is 0 Å². The van der Waals surface area contributed by atoms with E-state index in [1.54, 1.807) is 7.05 Å². The minimum atomic E-state index is -0.511. The summed E-state index contributed by atoms with van der Waals surface area (Å²) in [4.78, 5) is 22.2. The van der Waals surface area contributed by atoms with Gasteiger partial charge in [-0.15, -0.1) is 0 Å². The van der Waals surface area contributed by atoms with E-state index in [-0.39, 0.29) is 12.5 Å². The SMILES string of the molecule is CNC1(C(=O)NCC(N)=O)CCCC1. The number of carbonyl (C=O) groups is 2. The fourth-order valence-corrected chi connectivity index (χ4v) is 1.91. The van der Waals surface area contributed by atoms with Gasteiger partial charge in [-0.1, -0.05) is 12.8 Å². The Kier molecular flexibility index (Phi) is 3.46. The normalized spacial score (nSPS) is 19.2. The molecule has 2 amide bonds. The molecule has 0 atom stereocenters. The molecule has 0 unspecified atom stereocenters. The third-order valence-electron chi connectivity index (χ3n) is 2.79. The molecule has 5 heteroatoms. The zero-order chi connectivity index (χ0) is 10.6. The highest BCUT2D eigenvalue weighted by atomic mass is 16.2. The second kappa shape index (κ2) is 4.41. The zero-order valence-corrected chi connectivity index (χ0v) is 8.43. The van der Waals surface area contributed by atoms with Crippen molar-refractivity contribution in [3.05, 3.63) is 0 Å². The van der Waals surface area contributed by atoms with Crippen molar-refractivity contribution < 1.29 is 9.59 Å². The maximum atomic E-state index is 11.7. The maximum absolute atomic E-state index is 11.7. The number of amides is 2.